The molecule has 0 saturated carbocycles. The molecule has 1 saturated heterocycles. The highest BCUT2D eigenvalue weighted by Crippen LogP contribution is 2.32. The Balaban J connectivity index is 1.67. The topological polar surface area (TPSA) is 69.7 Å². The van der Waals surface area contributed by atoms with E-state index in [4.69, 9.17) is 0 Å². The monoisotopic (exact) mass is 314 g/mol. The molecule has 0 unspecified atom stereocenters. The van der Waals surface area contributed by atoms with E-state index in [1.807, 2.05) is 19.4 Å². The van der Waals surface area contributed by atoms with Gasteiger partial charge < -0.3 is 10.3 Å². The Labute approximate surface area is 137 Å². The van der Waals surface area contributed by atoms with E-state index in [1.54, 1.807) is 6.20 Å². The Kier molecular flexibility index (Phi) is 5.23. The maximum atomic E-state index is 4.67. The Morgan fingerprint density at radius 1 is 1.35 bits per heavy atom. The van der Waals surface area contributed by atoms with E-state index >= 15 is 0 Å². The molecule has 1 aliphatic heterocycles. The fourth-order valence-electron chi connectivity index (χ4n) is 3.19. The van der Waals surface area contributed by atoms with Gasteiger partial charge in [-0.2, -0.15) is 0 Å². The molecule has 0 radical (unpaired) electrons. The van der Waals surface area contributed by atoms with Crippen LogP contribution in [-0.2, 0) is 13.0 Å². The zero-order valence-electron chi connectivity index (χ0n) is 14.0. The van der Waals surface area contributed by atoms with Gasteiger partial charge in [-0.05, 0) is 25.8 Å². The summed E-state index contributed by atoms with van der Waals surface area (Å²) in [4.78, 5) is 19.4. The van der Waals surface area contributed by atoms with Gasteiger partial charge in [0.2, 0.25) is 0 Å². The summed E-state index contributed by atoms with van der Waals surface area (Å²) in [7, 11) is 1.88. The van der Waals surface area contributed by atoms with E-state index in [-0.39, 0.29) is 0 Å². The van der Waals surface area contributed by atoms with Crippen molar-refractivity contribution in [1.29, 1.82) is 0 Å². The van der Waals surface area contributed by atoms with Gasteiger partial charge in [0.1, 0.15) is 11.6 Å². The van der Waals surface area contributed by atoms with Crippen molar-refractivity contribution in [1.82, 2.24) is 24.8 Å². The van der Waals surface area contributed by atoms with Gasteiger partial charge in [0.15, 0.2) is 0 Å². The second kappa shape index (κ2) is 7.55. The molecule has 124 valence electrons. The molecule has 1 aliphatic rings. The highest BCUT2D eigenvalue weighted by atomic mass is 15.2. The van der Waals surface area contributed by atoms with E-state index in [9.17, 15) is 0 Å². The highest BCUT2D eigenvalue weighted by molar-refractivity contribution is 5.31. The first-order valence-corrected chi connectivity index (χ1v) is 8.56. The second-order valence-corrected chi connectivity index (χ2v) is 6.17. The average Bonchev–Trinajstić information content (AvgIpc) is 3.23. The summed E-state index contributed by atoms with van der Waals surface area (Å²) in [6, 6.07) is 0.346. The maximum absolute atomic E-state index is 4.67. The van der Waals surface area contributed by atoms with Crippen LogP contribution >= 0.6 is 0 Å². The highest BCUT2D eigenvalue weighted by Gasteiger charge is 2.28. The van der Waals surface area contributed by atoms with Crippen LogP contribution in [0, 0.1) is 0 Å². The van der Waals surface area contributed by atoms with E-state index in [2.05, 4.69) is 37.1 Å². The third-order valence-corrected chi connectivity index (χ3v) is 4.44. The first-order valence-electron chi connectivity index (χ1n) is 8.56. The number of nitrogens with zero attached hydrogens (tertiary/aromatic N) is 4. The summed E-state index contributed by atoms with van der Waals surface area (Å²) < 4.78 is 0. The number of imidazole rings is 1. The molecule has 3 heterocycles. The molecule has 2 aromatic heterocycles. The first-order chi connectivity index (χ1) is 11.3. The lowest BCUT2D eigenvalue weighted by Gasteiger charge is -2.23. The van der Waals surface area contributed by atoms with Crippen molar-refractivity contribution >= 4 is 5.82 Å². The zero-order chi connectivity index (χ0) is 16.1. The van der Waals surface area contributed by atoms with Crippen LogP contribution in [0.5, 0.6) is 0 Å². The van der Waals surface area contributed by atoms with Gasteiger partial charge in [-0.1, -0.05) is 13.3 Å². The van der Waals surface area contributed by atoms with Gasteiger partial charge in [0.25, 0.3) is 0 Å². The number of aromatic nitrogens is 4. The number of aromatic amines is 1. The zero-order valence-corrected chi connectivity index (χ0v) is 14.0. The first kappa shape index (κ1) is 15.9. The van der Waals surface area contributed by atoms with Gasteiger partial charge in [-0.3, -0.25) is 9.88 Å². The van der Waals surface area contributed by atoms with E-state index in [1.165, 1.54) is 25.0 Å². The van der Waals surface area contributed by atoms with Crippen molar-refractivity contribution in [2.75, 3.05) is 18.9 Å². The van der Waals surface area contributed by atoms with Crippen LogP contribution in [0.3, 0.4) is 0 Å². The summed E-state index contributed by atoms with van der Waals surface area (Å²) in [5, 5.41) is 3.07. The van der Waals surface area contributed by atoms with Crippen molar-refractivity contribution < 1.29 is 0 Å². The minimum Gasteiger partial charge on any atom is -0.372 e. The average molecular weight is 314 g/mol. The van der Waals surface area contributed by atoms with Crippen molar-refractivity contribution in [3.8, 4) is 0 Å². The minimum absolute atomic E-state index is 0.346. The number of rotatable bonds is 7. The molecule has 0 spiro atoms. The number of aryl methyl sites for hydroxylation is 1. The number of hydrogen-bond donors (Lipinski definition) is 2. The molecule has 0 bridgehead atoms. The van der Waals surface area contributed by atoms with Gasteiger partial charge in [0.05, 0.1) is 24.1 Å². The van der Waals surface area contributed by atoms with Crippen molar-refractivity contribution in [3.05, 3.63) is 35.8 Å². The third-order valence-electron chi connectivity index (χ3n) is 4.44. The lowest BCUT2D eigenvalue weighted by atomic mass is 10.1. The van der Waals surface area contributed by atoms with E-state index in [0.717, 1.165) is 43.3 Å². The van der Waals surface area contributed by atoms with E-state index < -0.39 is 0 Å². The lowest BCUT2D eigenvalue weighted by molar-refractivity contribution is 0.241. The van der Waals surface area contributed by atoms with Crippen molar-refractivity contribution in [2.45, 2.75) is 51.6 Å². The van der Waals surface area contributed by atoms with Crippen LogP contribution in [0.25, 0.3) is 0 Å². The Morgan fingerprint density at radius 3 is 3.09 bits per heavy atom. The predicted octanol–water partition coefficient (Wildman–Crippen LogP) is 2.92. The van der Waals surface area contributed by atoms with Gasteiger partial charge in [-0.15, -0.1) is 0 Å². The summed E-state index contributed by atoms with van der Waals surface area (Å²) in [6.45, 7) is 4.20. The SMILES string of the molecule is CCCCc1ncc(CN2CCC[C@@H]2c2cncc(NC)n2)[nH]1. The molecule has 1 fully saturated rings. The molecule has 3 rings (SSSR count). The maximum Gasteiger partial charge on any atom is 0.144 e. The van der Waals surface area contributed by atoms with Crippen molar-refractivity contribution in [3.63, 3.8) is 0 Å². The molecule has 0 amide bonds. The van der Waals surface area contributed by atoms with Crippen LogP contribution in [0.15, 0.2) is 18.6 Å². The smallest absolute Gasteiger partial charge is 0.144 e. The third kappa shape index (κ3) is 3.88. The van der Waals surface area contributed by atoms with Crippen LogP contribution in [0.4, 0.5) is 5.82 Å². The molecule has 1 atom stereocenters. The molecule has 2 aromatic rings. The Hall–Kier alpha value is -1.95. The van der Waals surface area contributed by atoms with Crippen LogP contribution in [0.1, 0.15) is 55.9 Å². The normalized spacial score (nSPS) is 18.4. The Morgan fingerprint density at radius 2 is 2.26 bits per heavy atom. The quantitative estimate of drug-likeness (QED) is 0.822. The summed E-state index contributed by atoms with van der Waals surface area (Å²) in [6.07, 6.45) is 11.4. The molecule has 6 heteroatoms. The number of hydrogen-bond acceptors (Lipinski definition) is 5. The summed E-state index contributed by atoms with van der Waals surface area (Å²) >= 11 is 0. The van der Waals surface area contributed by atoms with Crippen molar-refractivity contribution in [2.24, 2.45) is 0 Å². The number of likely N-dealkylation sites (tertiary alicyclic amines) is 1. The van der Waals surface area contributed by atoms with E-state index in [0.29, 0.717) is 6.04 Å². The number of anilines is 1. The minimum atomic E-state index is 0.346. The lowest BCUT2D eigenvalue weighted by Crippen LogP contribution is -2.24. The number of nitrogens with one attached hydrogen (secondary N) is 2. The fraction of sp³-hybridized carbons (Fsp3) is 0.588. The number of unbranched alkanes of at least 4 members (excludes halogenated alkanes) is 1. The predicted molar refractivity (Wildman–Crippen MR) is 91.2 cm³/mol. The molecular formula is C17H26N6. The molecule has 23 heavy (non-hydrogen) atoms. The van der Waals surface area contributed by atoms with Gasteiger partial charge >= 0.3 is 0 Å². The molecular weight excluding hydrogens is 288 g/mol. The van der Waals surface area contributed by atoms with Crippen LogP contribution in [-0.4, -0.2) is 38.4 Å². The van der Waals surface area contributed by atoms with Crippen LogP contribution < -0.4 is 5.32 Å². The molecule has 0 aliphatic carbocycles. The molecule has 2 N–H and O–H groups in total. The molecule has 6 nitrogen and oxygen atoms in total. The largest absolute Gasteiger partial charge is 0.372 e. The van der Waals surface area contributed by atoms with Gasteiger partial charge in [0, 0.05) is 31.9 Å². The van der Waals surface area contributed by atoms with Crippen LogP contribution in [0.2, 0.25) is 0 Å². The Bertz CT molecular complexity index is 623. The summed E-state index contributed by atoms with van der Waals surface area (Å²) in [5.41, 5.74) is 2.25. The molecule has 0 aromatic carbocycles. The summed E-state index contributed by atoms with van der Waals surface area (Å²) in [5.74, 6) is 1.94. The second-order valence-electron chi connectivity index (χ2n) is 6.17. The number of H-pyrrole nitrogens is 1. The standard InChI is InChI=1S/C17H26N6/c1-3-4-7-16-20-9-13(21-16)12-23-8-5-6-15(23)14-10-19-11-17(18-2)22-14/h9-11,15H,3-8,12H2,1-2H3,(H,18,22)(H,20,21)/t15-/m1/s1. The van der Waals surface area contributed by atoms with Gasteiger partial charge in [-0.25, -0.2) is 9.97 Å². The fourth-order valence-corrected chi connectivity index (χ4v) is 3.19.